The monoisotopic (exact) mass is 370 g/mol. The zero-order valence-corrected chi connectivity index (χ0v) is 14.1. The number of halogens is 1. The molecule has 0 saturated carbocycles. The van der Waals surface area contributed by atoms with Crippen molar-refractivity contribution in [2.24, 2.45) is 0 Å². The molecule has 0 saturated heterocycles. The molecule has 1 aliphatic heterocycles. The predicted molar refractivity (Wildman–Crippen MR) is 90.0 cm³/mol. The third-order valence-corrected chi connectivity index (χ3v) is 4.78. The highest BCUT2D eigenvalue weighted by Crippen LogP contribution is 2.36. The van der Waals surface area contributed by atoms with Crippen LogP contribution in [-0.4, -0.2) is 31.9 Å². The van der Waals surface area contributed by atoms with Crippen LogP contribution in [0.3, 0.4) is 0 Å². The van der Waals surface area contributed by atoms with Crippen LogP contribution in [0, 0.1) is 0 Å². The molecule has 2 aromatic heterocycles. The minimum absolute atomic E-state index is 0.136. The first-order chi connectivity index (χ1) is 11.2. The highest BCUT2D eigenvalue weighted by molar-refractivity contribution is 9.10. The van der Waals surface area contributed by atoms with Gasteiger partial charge in [0.25, 0.3) is 0 Å². The second-order valence-electron chi connectivity index (χ2n) is 5.85. The summed E-state index contributed by atoms with van der Waals surface area (Å²) in [5.74, 6) is 0. The van der Waals surface area contributed by atoms with E-state index in [1.165, 1.54) is 5.56 Å². The number of carbonyl (C=O) groups excluding carboxylic acids is 1. The molecular weight excluding hydrogens is 356 g/mol. The molecule has 2 unspecified atom stereocenters. The second kappa shape index (κ2) is 5.45. The molecule has 5 nitrogen and oxygen atoms in total. The van der Waals surface area contributed by atoms with Crippen molar-refractivity contribution < 1.29 is 4.79 Å². The van der Waals surface area contributed by atoms with E-state index in [0.717, 1.165) is 34.2 Å². The molecule has 4 rings (SSSR count). The number of benzene rings is 1. The average Bonchev–Trinajstić information content (AvgIpc) is 2.96. The smallest absolute Gasteiger partial charge is 0.210 e. The van der Waals surface area contributed by atoms with Gasteiger partial charge in [0.15, 0.2) is 5.65 Å². The van der Waals surface area contributed by atoms with Crippen molar-refractivity contribution in [2.75, 3.05) is 0 Å². The van der Waals surface area contributed by atoms with Gasteiger partial charge in [-0.05, 0) is 40.4 Å². The summed E-state index contributed by atoms with van der Waals surface area (Å²) in [4.78, 5) is 17.9. The standard InChI is InChI=1S/C17H15BrN4O/c1-11-6-12-4-2-3-5-14(12)17(21(11)10-23)15-7-16-19-8-13(18)9-22(16)20-15/h2-5,7-11,17H,6H2,1H3. The fraction of sp³-hybridized carbons (Fsp3) is 0.235. The number of amides is 1. The first-order valence-electron chi connectivity index (χ1n) is 7.49. The maximum atomic E-state index is 11.7. The minimum atomic E-state index is -0.173. The first-order valence-corrected chi connectivity index (χ1v) is 8.28. The molecule has 6 heteroatoms. The Hall–Kier alpha value is -2.21. The van der Waals surface area contributed by atoms with Gasteiger partial charge in [-0.2, -0.15) is 5.10 Å². The number of aromatic nitrogens is 3. The van der Waals surface area contributed by atoms with Gasteiger partial charge in [-0.1, -0.05) is 24.3 Å². The highest BCUT2D eigenvalue weighted by Gasteiger charge is 2.33. The molecule has 23 heavy (non-hydrogen) atoms. The Balaban J connectivity index is 1.90. The lowest BCUT2D eigenvalue weighted by Gasteiger charge is -2.38. The molecule has 0 N–H and O–H groups in total. The number of carbonyl (C=O) groups is 1. The van der Waals surface area contributed by atoms with Gasteiger partial charge in [-0.15, -0.1) is 0 Å². The largest absolute Gasteiger partial charge is 0.329 e. The Labute approximate surface area is 142 Å². The van der Waals surface area contributed by atoms with Crippen LogP contribution in [0.4, 0.5) is 0 Å². The fourth-order valence-electron chi connectivity index (χ4n) is 3.31. The van der Waals surface area contributed by atoms with Crippen molar-refractivity contribution >= 4 is 28.0 Å². The molecule has 0 bridgehead atoms. The Kier molecular flexibility index (Phi) is 3.41. The third-order valence-electron chi connectivity index (χ3n) is 4.37. The van der Waals surface area contributed by atoms with Gasteiger partial charge in [-0.3, -0.25) is 4.79 Å². The molecule has 1 aromatic carbocycles. The lowest BCUT2D eigenvalue weighted by Crippen LogP contribution is -2.41. The molecule has 0 radical (unpaired) electrons. The van der Waals surface area contributed by atoms with Gasteiger partial charge in [0.05, 0.1) is 10.2 Å². The normalized spacial score (nSPS) is 20.5. The van der Waals surface area contributed by atoms with E-state index in [9.17, 15) is 4.79 Å². The molecule has 1 aliphatic rings. The molecule has 3 heterocycles. The van der Waals surface area contributed by atoms with Crippen molar-refractivity contribution in [1.82, 2.24) is 19.5 Å². The van der Waals surface area contributed by atoms with Crippen LogP contribution < -0.4 is 0 Å². The number of fused-ring (bicyclic) bond motifs is 2. The quantitative estimate of drug-likeness (QED) is 0.651. The summed E-state index contributed by atoms with van der Waals surface area (Å²) in [5.41, 5.74) is 4.01. The van der Waals surface area contributed by atoms with E-state index >= 15 is 0 Å². The number of nitrogens with zero attached hydrogens (tertiary/aromatic N) is 4. The first kappa shape index (κ1) is 14.4. The Morgan fingerprint density at radius 1 is 1.35 bits per heavy atom. The summed E-state index contributed by atoms with van der Waals surface area (Å²) < 4.78 is 2.61. The lowest BCUT2D eigenvalue weighted by atomic mass is 9.87. The highest BCUT2D eigenvalue weighted by atomic mass is 79.9. The number of rotatable bonds is 2. The van der Waals surface area contributed by atoms with Gasteiger partial charge >= 0.3 is 0 Å². The molecular formula is C17H15BrN4O. The Morgan fingerprint density at radius 2 is 2.17 bits per heavy atom. The van der Waals surface area contributed by atoms with Crippen LogP contribution in [-0.2, 0) is 11.2 Å². The van der Waals surface area contributed by atoms with Crippen molar-refractivity contribution in [3.05, 3.63) is 64.0 Å². The van der Waals surface area contributed by atoms with Crippen molar-refractivity contribution in [2.45, 2.75) is 25.4 Å². The van der Waals surface area contributed by atoms with E-state index in [1.807, 2.05) is 29.3 Å². The molecule has 2 atom stereocenters. The van der Waals surface area contributed by atoms with E-state index in [2.05, 4.69) is 45.1 Å². The van der Waals surface area contributed by atoms with Crippen LogP contribution in [0.1, 0.15) is 29.8 Å². The van der Waals surface area contributed by atoms with Crippen molar-refractivity contribution in [3.63, 3.8) is 0 Å². The maximum Gasteiger partial charge on any atom is 0.210 e. The van der Waals surface area contributed by atoms with Gasteiger partial charge < -0.3 is 4.90 Å². The molecule has 0 spiro atoms. The topological polar surface area (TPSA) is 50.5 Å². The van der Waals surface area contributed by atoms with E-state index in [1.54, 1.807) is 10.7 Å². The zero-order chi connectivity index (χ0) is 16.0. The van der Waals surface area contributed by atoms with Crippen LogP contribution in [0.25, 0.3) is 5.65 Å². The summed E-state index contributed by atoms with van der Waals surface area (Å²) in [6.45, 7) is 2.07. The third kappa shape index (κ3) is 2.34. The van der Waals surface area contributed by atoms with E-state index in [-0.39, 0.29) is 12.1 Å². The van der Waals surface area contributed by atoms with Crippen LogP contribution >= 0.6 is 15.9 Å². The summed E-state index contributed by atoms with van der Waals surface area (Å²) in [6.07, 6.45) is 5.41. The van der Waals surface area contributed by atoms with Gasteiger partial charge in [0.2, 0.25) is 6.41 Å². The maximum absolute atomic E-state index is 11.7. The molecule has 3 aromatic rings. The molecule has 1 amide bonds. The molecule has 0 aliphatic carbocycles. The van der Waals surface area contributed by atoms with Crippen LogP contribution in [0.15, 0.2) is 47.2 Å². The summed E-state index contributed by atoms with van der Waals surface area (Å²) in [7, 11) is 0. The van der Waals surface area contributed by atoms with Crippen molar-refractivity contribution in [1.29, 1.82) is 0 Å². The summed E-state index contributed by atoms with van der Waals surface area (Å²) >= 11 is 3.41. The lowest BCUT2D eigenvalue weighted by molar-refractivity contribution is -0.122. The van der Waals surface area contributed by atoms with Gasteiger partial charge in [0, 0.05) is 24.5 Å². The van der Waals surface area contributed by atoms with Crippen LogP contribution in [0.2, 0.25) is 0 Å². The summed E-state index contributed by atoms with van der Waals surface area (Å²) in [5, 5.41) is 4.65. The molecule has 0 fully saturated rings. The Morgan fingerprint density at radius 3 is 3.00 bits per heavy atom. The van der Waals surface area contributed by atoms with E-state index < -0.39 is 0 Å². The van der Waals surface area contributed by atoms with E-state index in [4.69, 9.17) is 0 Å². The van der Waals surface area contributed by atoms with Crippen molar-refractivity contribution in [3.8, 4) is 0 Å². The average molecular weight is 371 g/mol. The Bertz CT molecular complexity index is 891. The molecule has 116 valence electrons. The van der Waals surface area contributed by atoms with Gasteiger partial charge in [0.1, 0.15) is 6.04 Å². The fourth-order valence-corrected chi connectivity index (χ4v) is 3.60. The number of hydrogen-bond acceptors (Lipinski definition) is 3. The SMILES string of the molecule is CC1Cc2ccccc2C(c2cc3ncc(Br)cn3n2)N1C=O. The number of hydrogen-bond donors (Lipinski definition) is 0. The second-order valence-corrected chi connectivity index (χ2v) is 6.77. The van der Waals surface area contributed by atoms with Crippen LogP contribution in [0.5, 0.6) is 0 Å². The minimum Gasteiger partial charge on any atom is -0.329 e. The van der Waals surface area contributed by atoms with Gasteiger partial charge in [-0.25, -0.2) is 9.50 Å². The zero-order valence-electron chi connectivity index (χ0n) is 12.6. The van der Waals surface area contributed by atoms with E-state index in [0.29, 0.717) is 0 Å². The summed E-state index contributed by atoms with van der Waals surface area (Å²) in [6, 6.07) is 10.2. The predicted octanol–water partition coefficient (Wildman–Crippen LogP) is 2.98.